The molecule has 2 aromatic rings. The molecule has 1 aromatic heterocycles. The van der Waals surface area contributed by atoms with E-state index in [-0.39, 0.29) is 24.3 Å². The summed E-state index contributed by atoms with van der Waals surface area (Å²) in [6.07, 6.45) is 3.14. The van der Waals surface area contributed by atoms with Crippen LogP contribution in [0, 0.1) is 5.41 Å². The van der Waals surface area contributed by atoms with Crippen LogP contribution in [0.2, 0.25) is 0 Å². The fraction of sp³-hybridized carbons (Fsp3) is 0.476. The van der Waals surface area contributed by atoms with E-state index in [0.717, 1.165) is 16.8 Å². The van der Waals surface area contributed by atoms with Crippen molar-refractivity contribution < 1.29 is 14.4 Å². The maximum atomic E-state index is 13.5. The minimum absolute atomic E-state index is 0.182. The molecule has 30 heavy (non-hydrogen) atoms. The number of nitrogens with one attached hydrogen (secondary N) is 3. The number of anilines is 1. The first-order valence-electron chi connectivity index (χ1n) is 10.1. The predicted octanol–water partition coefficient (Wildman–Crippen LogP) is 0.856. The number of benzene rings is 1. The van der Waals surface area contributed by atoms with Gasteiger partial charge < -0.3 is 10.6 Å². The summed E-state index contributed by atoms with van der Waals surface area (Å²) >= 11 is 0. The summed E-state index contributed by atoms with van der Waals surface area (Å²) in [5, 5.41) is 15.9. The van der Waals surface area contributed by atoms with Crippen LogP contribution in [0.1, 0.15) is 44.0 Å². The highest BCUT2D eigenvalue weighted by Gasteiger charge is 2.44. The monoisotopic (exact) mass is 410 g/mol. The number of aromatic nitrogens is 3. The molecule has 0 saturated heterocycles. The Morgan fingerprint density at radius 2 is 2.03 bits per heavy atom. The smallest absolute Gasteiger partial charge is 0.250 e. The molecule has 0 radical (unpaired) electrons. The van der Waals surface area contributed by atoms with Crippen molar-refractivity contribution in [1.29, 1.82) is 0 Å². The molecule has 1 aromatic carbocycles. The van der Waals surface area contributed by atoms with Gasteiger partial charge in [0.1, 0.15) is 17.8 Å². The number of hydrogen-bond donors (Lipinski definition) is 3. The number of rotatable bonds is 4. The van der Waals surface area contributed by atoms with Gasteiger partial charge in [0.25, 0.3) is 0 Å². The highest BCUT2D eigenvalue weighted by Crippen LogP contribution is 2.39. The molecule has 3 N–H and O–H groups in total. The van der Waals surface area contributed by atoms with Gasteiger partial charge in [-0.15, -0.1) is 0 Å². The molecule has 4 rings (SSSR count). The van der Waals surface area contributed by atoms with Crippen LogP contribution in [0.15, 0.2) is 24.4 Å². The largest absolute Gasteiger partial charge is 0.348 e. The third-order valence-corrected chi connectivity index (χ3v) is 5.60. The minimum atomic E-state index is -0.666. The maximum Gasteiger partial charge on any atom is 0.250 e. The van der Waals surface area contributed by atoms with Crippen LogP contribution in [-0.2, 0) is 33.8 Å². The molecule has 2 atom stereocenters. The zero-order chi connectivity index (χ0) is 21.5. The molecular weight excluding hydrogens is 384 g/mol. The van der Waals surface area contributed by atoms with E-state index in [1.54, 1.807) is 4.90 Å². The van der Waals surface area contributed by atoms with Crippen LogP contribution < -0.4 is 15.5 Å². The molecule has 2 aliphatic heterocycles. The summed E-state index contributed by atoms with van der Waals surface area (Å²) < 4.78 is 0. The molecule has 0 unspecified atom stereocenters. The summed E-state index contributed by atoms with van der Waals surface area (Å²) in [6, 6.07) is 4.58. The highest BCUT2D eigenvalue weighted by atomic mass is 16.2. The van der Waals surface area contributed by atoms with E-state index in [2.05, 4.69) is 26.0 Å². The van der Waals surface area contributed by atoms with Gasteiger partial charge in [-0.1, -0.05) is 39.0 Å². The van der Waals surface area contributed by atoms with Crippen LogP contribution in [0.25, 0.3) is 0 Å². The van der Waals surface area contributed by atoms with Gasteiger partial charge in [-0.05, 0) is 24.0 Å². The summed E-state index contributed by atoms with van der Waals surface area (Å²) in [6.45, 7) is 5.66. The number of aryl methyl sites for hydroxylation is 1. The summed E-state index contributed by atoms with van der Waals surface area (Å²) in [5.41, 5.74) is 2.82. The Labute approximate surface area is 174 Å². The number of carbonyl (C=O) groups excluding carboxylic acids is 3. The molecule has 0 fully saturated rings. The van der Waals surface area contributed by atoms with Crippen molar-refractivity contribution in [3.8, 4) is 0 Å². The van der Waals surface area contributed by atoms with E-state index >= 15 is 0 Å². The van der Waals surface area contributed by atoms with E-state index in [9.17, 15) is 14.4 Å². The van der Waals surface area contributed by atoms with Crippen LogP contribution in [-0.4, -0.2) is 45.2 Å². The van der Waals surface area contributed by atoms with E-state index in [0.29, 0.717) is 25.0 Å². The maximum absolute atomic E-state index is 13.5. The molecule has 0 bridgehead atoms. The second kappa shape index (κ2) is 7.55. The zero-order valence-electron chi connectivity index (χ0n) is 17.4. The Balaban J connectivity index is 1.60. The van der Waals surface area contributed by atoms with Crippen molar-refractivity contribution in [3.63, 3.8) is 0 Å². The summed E-state index contributed by atoms with van der Waals surface area (Å²) in [5.74, 6) is -0.674. The van der Waals surface area contributed by atoms with Crippen LogP contribution in [0.4, 0.5) is 5.69 Å². The minimum Gasteiger partial charge on any atom is -0.348 e. The second-order valence-corrected chi connectivity index (χ2v) is 8.85. The van der Waals surface area contributed by atoms with Crippen molar-refractivity contribution in [3.05, 3.63) is 41.2 Å². The molecule has 9 nitrogen and oxygen atoms in total. The lowest BCUT2D eigenvalue weighted by Gasteiger charge is -2.29. The molecular formula is C21H26N6O3. The Hall–Kier alpha value is -3.23. The molecule has 0 spiro atoms. The molecule has 2 aliphatic rings. The number of amides is 3. The third kappa shape index (κ3) is 3.67. The zero-order valence-corrected chi connectivity index (χ0v) is 17.4. The number of H-pyrrole nitrogens is 1. The van der Waals surface area contributed by atoms with Crippen molar-refractivity contribution in [1.82, 2.24) is 26.0 Å². The lowest BCUT2D eigenvalue weighted by atomic mass is 9.94. The van der Waals surface area contributed by atoms with Gasteiger partial charge in [0, 0.05) is 11.8 Å². The molecule has 0 saturated carbocycles. The topological polar surface area (TPSA) is 120 Å². The van der Waals surface area contributed by atoms with Gasteiger partial charge in [-0.25, -0.2) is 0 Å². The highest BCUT2D eigenvalue weighted by molar-refractivity contribution is 6.08. The van der Waals surface area contributed by atoms with Gasteiger partial charge in [-0.3, -0.25) is 19.3 Å². The first-order chi connectivity index (χ1) is 14.3. The number of hydrogen-bond acceptors (Lipinski definition) is 5. The number of para-hydroxylation sites is 1. The normalized spacial score (nSPS) is 20.5. The van der Waals surface area contributed by atoms with E-state index < -0.39 is 17.5 Å². The van der Waals surface area contributed by atoms with Crippen LogP contribution >= 0.6 is 0 Å². The van der Waals surface area contributed by atoms with Crippen molar-refractivity contribution in [2.45, 2.75) is 58.7 Å². The molecule has 0 aliphatic carbocycles. The van der Waals surface area contributed by atoms with Gasteiger partial charge >= 0.3 is 0 Å². The van der Waals surface area contributed by atoms with Crippen LogP contribution in [0.5, 0.6) is 0 Å². The third-order valence-electron chi connectivity index (χ3n) is 5.60. The Bertz CT molecular complexity index is 979. The van der Waals surface area contributed by atoms with Crippen molar-refractivity contribution >= 4 is 23.4 Å². The summed E-state index contributed by atoms with van der Waals surface area (Å²) in [7, 11) is 0. The predicted molar refractivity (Wildman–Crippen MR) is 109 cm³/mol. The average Bonchev–Trinajstić information content (AvgIpc) is 3.32. The molecule has 158 valence electrons. The standard InChI is InChI=1S/C21H26N6O3/c1-21(2,3)20(30)24-15-8-7-12-5-4-6-13-9-16(27(17(12)13)19(15)29)18(28)22-10-14-11-23-26-25-14/h4-6,11,15-16H,7-10H2,1-3H3,(H,22,28)(H,24,30)(H,23,25,26)/t15-,16-/m0/s1. The van der Waals surface area contributed by atoms with Gasteiger partial charge in [0.2, 0.25) is 17.7 Å². The van der Waals surface area contributed by atoms with E-state index in [4.69, 9.17) is 0 Å². The first-order valence-corrected chi connectivity index (χ1v) is 10.1. The number of aromatic amines is 1. The SMILES string of the molecule is CC(C)(C)C(=O)N[C@H]1CCc2cccc3c2N(C1=O)[C@H](C(=O)NCc1cn[nH]n1)C3. The summed E-state index contributed by atoms with van der Waals surface area (Å²) in [4.78, 5) is 40.6. The first kappa shape index (κ1) is 20.1. The van der Waals surface area contributed by atoms with E-state index in [1.165, 1.54) is 6.20 Å². The number of carbonyl (C=O) groups is 3. The van der Waals surface area contributed by atoms with Gasteiger partial charge in [-0.2, -0.15) is 15.4 Å². The average molecular weight is 410 g/mol. The fourth-order valence-electron chi connectivity index (χ4n) is 3.96. The fourth-order valence-corrected chi connectivity index (χ4v) is 3.96. The molecule has 9 heteroatoms. The van der Waals surface area contributed by atoms with Gasteiger partial charge in [0.15, 0.2) is 0 Å². The van der Waals surface area contributed by atoms with Gasteiger partial charge in [0.05, 0.1) is 18.4 Å². The number of nitrogens with zero attached hydrogens (tertiary/aromatic N) is 3. The van der Waals surface area contributed by atoms with E-state index in [1.807, 2.05) is 39.0 Å². The lowest BCUT2D eigenvalue weighted by molar-refractivity contribution is -0.133. The van der Waals surface area contributed by atoms with Crippen molar-refractivity contribution in [2.75, 3.05) is 4.90 Å². The second-order valence-electron chi connectivity index (χ2n) is 8.85. The quantitative estimate of drug-likeness (QED) is 0.690. The van der Waals surface area contributed by atoms with Crippen molar-refractivity contribution in [2.24, 2.45) is 5.41 Å². The Morgan fingerprint density at radius 3 is 2.73 bits per heavy atom. The Morgan fingerprint density at radius 1 is 1.27 bits per heavy atom. The molecule has 3 amide bonds. The molecule has 3 heterocycles. The lowest BCUT2D eigenvalue weighted by Crippen LogP contribution is -2.55. The van der Waals surface area contributed by atoms with Crippen LogP contribution in [0.3, 0.4) is 0 Å². The Kier molecular flexibility index (Phi) is 5.05.